The Morgan fingerprint density at radius 2 is 2.41 bits per heavy atom. The number of rotatable bonds is 5. The largest absolute Gasteiger partial charge is 0.395 e. The second-order valence-corrected chi connectivity index (χ2v) is 5.29. The summed E-state index contributed by atoms with van der Waals surface area (Å²) in [6, 6.07) is 3.90. The number of nitrogens with one attached hydrogen (secondary N) is 1. The van der Waals surface area contributed by atoms with Crippen molar-refractivity contribution >= 4 is 29.0 Å². The topological polar surface area (TPSA) is 49.3 Å². The second kappa shape index (κ2) is 8.18. The first-order valence-corrected chi connectivity index (χ1v) is 7.41. The molecule has 0 unspecified atom stereocenters. The summed E-state index contributed by atoms with van der Waals surface area (Å²) in [7, 11) is 0. The normalized spacial score (nSPS) is 9.53. The molecule has 0 saturated carbocycles. The van der Waals surface area contributed by atoms with Crippen LogP contribution < -0.4 is 5.32 Å². The fourth-order valence-corrected chi connectivity index (χ4v) is 2.30. The molecular weight excluding hydrogens is 254 g/mol. The molecule has 92 valence electrons. The Bertz CT molecular complexity index is 418. The van der Waals surface area contributed by atoms with Crippen LogP contribution in [0.4, 0.5) is 0 Å². The fourth-order valence-electron chi connectivity index (χ4n) is 1.11. The first kappa shape index (κ1) is 14.1. The Labute approximate surface area is 110 Å². The van der Waals surface area contributed by atoms with Crippen LogP contribution >= 0.6 is 23.1 Å². The Morgan fingerprint density at radius 1 is 1.59 bits per heavy atom. The molecule has 2 N–H and O–H groups in total. The fraction of sp³-hybridized carbons (Fsp3) is 0.417. The molecule has 1 rings (SSSR count). The van der Waals surface area contributed by atoms with E-state index in [1.165, 1.54) is 11.8 Å². The lowest BCUT2D eigenvalue weighted by Gasteiger charge is -2.00. The highest BCUT2D eigenvalue weighted by atomic mass is 32.2. The van der Waals surface area contributed by atoms with E-state index in [2.05, 4.69) is 17.2 Å². The van der Waals surface area contributed by atoms with E-state index >= 15 is 0 Å². The van der Waals surface area contributed by atoms with E-state index in [0.717, 1.165) is 9.75 Å². The summed E-state index contributed by atoms with van der Waals surface area (Å²) in [4.78, 5) is 13.3. The summed E-state index contributed by atoms with van der Waals surface area (Å²) < 4.78 is 0. The zero-order valence-corrected chi connectivity index (χ0v) is 11.3. The van der Waals surface area contributed by atoms with Gasteiger partial charge in [-0.25, -0.2) is 0 Å². The maximum absolute atomic E-state index is 11.3. The van der Waals surface area contributed by atoms with Crippen molar-refractivity contribution < 1.29 is 9.90 Å². The van der Waals surface area contributed by atoms with Gasteiger partial charge in [-0.05, 0) is 18.4 Å². The average Bonchev–Trinajstić information content (AvgIpc) is 2.75. The Kier molecular flexibility index (Phi) is 6.78. The number of aliphatic hydroxyl groups excluding tert-OH is 1. The predicted molar refractivity (Wildman–Crippen MR) is 73.1 cm³/mol. The molecule has 0 saturated heterocycles. The van der Waals surface area contributed by atoms with Gasteiger partial charge < -0.3 is 10.4 Å². The van der Waals surface area contributed by atoms with Crippen LogP contribution in [0, 0.1) is 11.8 Å². The SMILES string of the molecule is CSCC(=O)NCc1ccc(C#CCCO)s1. The van der Waals surface area contributed by atoms with Crippen LogP contribution in [0.25, 0.3) is 0 Å². The summed E-state index contributed by atoms with van der Waals surface area (Å²) in [6.45, 7) is 0.654. The van der Waals surface area contributed by atoms with Gasteiger partial charge in [0.25, 0.3) is 0 Å². The van der Waals surface area contributed by atoms with Crippen molar-refractivity contribution in [2.75, 3.05) is 18.6 Å². The maximum Gasteiger partial charge on any atom is 0.230 e. The van der Waals surface area contributed by atoms with E-state index in [-0.39, 0.29) is 12.5 Å². The molecule has 1 amide bonds. The Hall–Kier alpha value is -0.960. The first-order valence-electron chi connectivity index (χ1n) is 5.20. The van der Waals surface area contributed by atoms with Crippen LogP contribution in [0.15, 0.2) is 12.1 Å². The van der Waals surface area contributed by atoms with Crippen LogP contribution in [0.2, 0.25) is 0 Å². The van der Waals surface area contributed by atoms with Crippen molar-refractivity contribution in [3.63, 3.8) is 0 Å². The van der Waals surface area contributed by atoms with E-state index in [4.69, 9.17) is 5.11 Å². The van der Waals surface area contributed by atoms with Gasteiger partial charge in [-0.1, -0.05) is 11.8 Å². The molecule has 0 bridgehead atoms. The highest BCUT2D eigenvalue weighted by Crippen LogP contribution is 2.15. The van der Waals surface area contributed by atoms with E-state index in [1.807, 2.05) is 18.4 Å². The molecule has 0 spiro atoms. The number of thiophene rings is 1. The van der Waals surface area contributed by atoms with Crippen molar-refractivity contribution in [3.8, 4) is 11.8 Å². The van der Waals surface area contributed by atoms with E-state index in [9.17, 15) is 4.79 Å². The smallest absolute Gasteiger partial charge is 0.230 e. The number of hydrogen-bond acceptors (Lipinski definition) is 4. The minimum atomic E-state index is 0.0545. The van der Waals surface area contributed by atoms with Crippen LogP contribution in [-0.2, 0) is 11.3 Å². The monoisotopic (exact) mass is 269 g/mol. The molecule has 1 heterocycles. The number of amides is 1. The van der Waals surface area contributed by atoms with Gasteiger partial charge >= 0.3 is 0 Å². The van der Waals surface area contributed by atoms with Gasteiger partial charge in [-0.2, -0.15) is 11.8 Å². The minimum Gasteiger partial charge on any atom is -0.395 e. The van der Waals surface area contributed by atoms with Crippen molar-refractivity contribution in [2.45, 2.75) is 13.0 Å². The molecule has 0 radical (unpaired) electrons. The maximum atomic E-state index is 11.3. The summed E-state index contributed by atoms with van der Waals surface area (Å²) in [5.74, 6) is 6.39. The van der Waals surface area contributed by atoms with Gasteiger partial charge in [0.2, 0.25) is 5.91 Å². The van der Waals surface area contributed by atoms with Crippen molar-refractivity contribution in [1.82, 2.24) is 5.32 Å². The number of carbonyl (C=O) groups excluding carboxylic acids is 1. The standard InChI is InChI=1S/C12H15NO2S2/c1-16-9-12(15)13-8-11-6-5-10(17-11)4-2-3-7-14/h5-6,14H,3,7-9H2,1H3,(H,13,15). The molecule has 5 heteroatoms. The highest BCUT2D eigenvalue weighted by molar-refractivity contribution is 7.99. The van der Waals surface area contributed by atoms with Gasteiger partial charge in [0.05, 0.1) is 23.8 Å². The van der Waals surface area contributed by atoms with Gasteiger partial charge in [0, 0.05) is 11.3 Å². The summed E-state index contributed by atoms with van der Waals surface area (Å²) >= 11 is 3.08. The summed E-state index contributed by atoms with van der Waals surface area (Å²) in [5.41, 5.74) is 0. The van der Waals surface area contributed by atoms with Crippen molar-refractivity contribution in [3.05, 3.63) is 21.9 Å². The predicted octanol–water partition coefficient (Wildman–Crippen LogP) is 1.46. The zero-order chi connectivity index (χ0) is 12.5. The van der Waals surface area contributed by atoms with Gasteiger partial charge in [0.15, 0.2) is 0 Å². The molecule has 0 aromatic carbocycles. The molecule has 0 aliphatic rings. The molecule has 1 aromatic heterocycles. The number of aliphatic hydroxyl groups is 1. The molecule has 17 heavy (non-hydrogen) atoms. The Morgan fingerprint density at radius 3 is 3.12 bits per heavy atom. The third kappa shape index (κ3) is 5.78. The lowest BCUT2D eigenvalue weighted by atomic mass is 10.4. The summed E-state index contributed by atoms with van der Waals surface area (Å²) in [5, 5.41) is 11.4. The van der Waals surface area contributed by atoms with Crippen LogP contribution in [-0.4, -0.2) is 29.6 Å². The quantitative estimate of drug-likeness (QED) is 0.796. The minimum absolute atomic E-state index is 0.0545. The van der Waals surface area contributed by atoms with Gasteiger partial charge in [-0.3, -0.25) is 4.79 Å². The molecule has 0 aliphatic heterocycles. The van der Waals surface area contributed by atoms with Crippen LogP contribution in [0.3, 0.4) is 0 Å². The zero-order valence-electron chi connectivity index (χ0n) is 9.66. The lowest BCUT2D eigenvalue weighted by molar-refractivity contribution is -0.118. The highest BCUT2D eigenvalue weighted by Gasteiger charge is 2.01. The molecule has 0 aliphatic carbocycles. The third-order valence-electron chi connectivity index (χ3n) is 1.85. The third-order valence-corrected chi connectivity index (χ3v) is 3.40. The van der Waals surface area contributed by atoms with E-state index in [1.54, 1.807) is 11.3 Å². The van der Waals surface area contributed by atoms with Crippen molar-refractivity contribution in [2.24, 2.45) is 0 Å². The Balaban J connectivity index is 2.41. The number of hydrogen-bond donors (Lipinski definition) is 2. The second-order valence-electron chi connectivity index (χ2n) is 3.25. The van der Waals surface area contributed by atoms with Crippen LogP contribution in [0.1, 0.15) is 16.2 Å². The number of thioether (sulfide) groups is 1. The first-order chi connectivity index (χ1) is 8.26. The molecular formula is C12H15NO2S2. The van der Waals surface area contributed by atoms with Crippen LogP contribution in [0.5, 0.6) is 0 Å². The molecule has 0 fully saturated rings. The van der Waals surface area contributed by atoms with Gasteiger partial charge in [-0.15, -0.1) is 11.3 Å². The lowest BCUT2D eigenvalue weighted by Crippen LogP contribution is -2.23. The summed E-state index contributed by atoms with van der Waals surface area (Å²) in [6.07, 6.45) is 2.40. The van der Waals surface area contributed by atoms with E-state index in [0.29, 0.717) is 18.7 Å². The van der Waals surface area contributed by atoms with Crippen molar-refractivity contribution in [1.29, 1.82) is 0 Å². The average molecular weight is 269 g/mol. The molecule has 1 aromatic rings. The van der Waals surface area contributed by atoms with E-state index < -0.39 is 0 Å². The van der Waals surface area contributed by atoms with Gasteiger partial charge in [0.1, 0.15) is 0 Å². The number of carbonyl (C=O) groups is 1. The molecule has 3 nitrogen and oxygen atoms in total. The molecule has 0 atom stereocenters.